The molecule has 1 unspecified atom stereocenters. The van der Waals surface area contributed by atoms with Crippen LogP contribution in [0, 0.1) is 13.8 Å². The first-order valence-electron chi connectivity index (χ1n) is 14.9. The largest absolute Gasteiger partial charge is 0.508 e. The summed E-state index contributed by atoms with van der Waals surface area (Å²) >= 11 is 0. The zero-order valence-electron chi connectivity index (χ0n) is 25.7. The minimum Gasteiger partial charge on any atom is -0.508 e. The Morgan fingerprint density at radius 1 is 1.05 bits per heavy atom. The maximum Gasteiger partial charge on any atom is 0.202 e. The van der Waals surface area contributed by atoms with Crippen molar-refractivity contribution in [3.8, 4) is 17.2 Å². The van der Waals surface area contributed by atoms with Crippen LogP contribution in [0.15, 0.2) is 84.6 Å². The monoisotopic (exact) mass is 574 g/mol. The number of hydrogen-bond donors (Lipinski definition) is 1. The number of ether oxygens (including phenoxy) is 3. The summed E-state index contributed by atoms with van der Waals surface area (Å²) in [5, 5.41) is 9.46. The summed E-state index contributed by atoms with van der Waals surface area (Å²) in [6, 6.07) is 12.5. The molecule has 4 rings (SSSR count). The van der Waals surface area contributed by atoms with E-state index in [1.165, 1.54) is 0 Å². The van der Waals surface area contributed by atoms with Crippen molar-refractivity contribution in [1.82, 2.24) is 9.47 Å². The smallest absolute Gasteiger partial charge is 0.202 e. The topological polar surface area (TPSA) is 73.2 Å². The Labute approximate surface area is 251 Å². The van der Waals surface area contributed by atoms with Crippen molar-refractivity contribution < 1.29 is 24.1 Å². The zero-order chi connectivity index (χ0) is 30.3. The second-order valence-corrected chi connectivity index (χ2v) is 10.1. The molecule has 1 aromatic heterocycles. The minimum atomic E-state index is -0.306. The van der Waals surface area contributed by atoms with E-state index in [0.717, 1.165) is 61.5 Å². The van der Waals surface area contributed by atoms with Crippen molar-refractivity contribution in [1.29, 1.82) is 0 Å². The molecule has 1 fully saturated rings. The number of carbonyl (C=O) groups is 1. The third-order valence-electron chi connectivity index (χ3n) is 7.18. The number of ketones is 1. The molecule has 1 aromatic carbocycles. The summed E-state index contributed by atoms with van der Waals surface area (Å²) in [6.45, 7) is 10.9. The molecule has 2 aliphatic rings. The highest BCUT2D eigenvalue weighted by atomic mass is 16.7. The van der Waals surface area contributed by atoms with Gasteiger partial charge >= 0.3 is 0 Å². The maximum absolute atomic E-state index is 13.7. The summed E-state index contributed by atoms with van der Waals surface area (Å²) in [7, 11) is 1.67. The van der Waals surface area contributed by atoms with E-state index in [9.17, 15) is 9.90 Å². The van der Waals surface area contributed by atoms with Crippen molar-refractivity contribution in [2.45, 2.75) is 66.2 Å². The number of rotatable bonds is 9. The number of methoxy groups -OCH3 is 1. The van der Waals surface area contributed by atoms with Gasteiger partial charge in [-0.05, 0) is 69.0 Å². The molecule has 0 radical (unpaired) electrons. The van der Waals surface area contributed by atoms with Crippen molar-refractivity contribution in [3.63, 3.8) is 0 Å². The number of hydrogen-bond acceptors (Lipinski definition) is 6. The molecule has 2 aromatic rings. The Morgan fingerprint density at radius 3 is 2.55 bits per heavy atom. The number of aromatic hydroxyl groups is 1. The zero-order valence-corrected chi connectivity index (χ0v) is 25.7. The third-order valence-corrected chi connectivity index (χ3v) is 7.18. The molecular formula is C35H46N2O5. The van der Waals surface area contributed by atoms with Crippen LogP contribution in [0.3, 0.4) is 0 Å². The Morgan fingerprint density at radius 2 is 1.83 bits per heavy atom. The van der Waals surface area contributed by atoms with Gasteiger partial charge in [0, 0.05) is 43.4 Å². The van der Waals surface area contributed by atoms with Crippen LogP contribution in [0.5, 0.6) is 17.2 Å². The number of aromatic nitrogens is 1. The fraction of sp³-hybridized carbons (Fsp3) is 0.400. The van der Waals surface area contributed by atoms with Crippen LogP contribution in [0.4, 0.5) is 0 Å². The first-order valence-corrected chi connectivity index (χ1v) is 14.9. The van der Waals surface area contributed by atoms with Crippen LogP contribution in [0.2, 0.25) is 0 Å². The van der Waals surface area contributed by atoms with Gasteiger partial charge in [-0.15, -0.1) is 0 Å². The lowest BCUT2D eigenvalue weighted by molar-refractivity contribution is -0.154. The van der Waals surface area contributed by atoms with Gasteiger partial charge in [0.2, 0.25) is 6.29 Å². The van der Waals surface area contributed by atoms with Crippen LogP contribution in [0.25, 0.3) is 0 Å². The van der Waals surface area contributed by atoms with Gasteiger partial charge in [-0.25, -0.2) is 0 Å². The first kappa shape index (κ1) is 32.7. The summed E-state index contributed by atoms with van der Waals surface area (Å²) in [6.07, 6.45) is 14.8. The Kier molecular flexibility index (Phi) is 13.4. The van der Waals surface area contributed by atoms with Crippen molar-refractivity contribution in [3.05, 3.63) is 101 Å². The molecule has 1 atom stereocenters. The average molecular weight is 575 g/mol. The first-order chi connectivity index (χ1) is 20.4. The molecule has 2 heterocycles. The number of allylic oxidation sites excluding steroid dienone is 6. The van der Waals surface area contributed by atoms with Gasteiger partial charge in [-0.2, -0.15) is 0 Å². The van der Waals surface area contributed by atoms with E-state index < -0.39 is 0 Å². The fourth-order valence-electron chi connectivity index (χ4n) is 4.80. The fourth-order valence-corrected chi connectivity index (χ4v) is 4.80. The van der Waals surface area contributed by atoms with Crippen LogP contribution in [-0.2, 0) is 11.3 Å². The summed E-state index contributed by atoms with van der Waals surface area (Å²) in [4.78, 5) is 16.0. The van der Waals surface area contributed by atoms with Crippen molar-refractivity contribution in [2.24, 2.45) is 0 Å². The Balaban J connectivity index is 0.00000237. The van der Waals surface area contributed by atoms with Crippen LogP contribution in [-0.4, -0.2) is 53.6 Å². The second-order valence-electron chi connectivity index (χ2n) is 10.1. The predicted molar refractivity (Wildman–Crippen MR) is 169 cm³/mol. The van der Waals surface area contributed by atoms with Gasteiger partial charge in [-0.1, -0.05) is 56.4 Å². The van der Waals surface area contributed by atoms with Gasteiger partial charge in [-0.3, -0.25) is 9.69 Å². The van der Waals surface area contributed by atoms with E-state index in [0.29, 0.717) is 24.5 Å². The minimum absolute atomic E-state index is 0.0601. The number of aryl methyl sites for hydroxylation is 2. The van der Waals surface area contributed by atoms with Gasteiger partial charge in [0.1, 0.15) is 24.0 Å². The molecule has 0 amide bonds. The third kappa shape index (κ3) is 9.64. The molecule has 0 saturated carbocycles. The average Bonchev–Trinajstić information content (AvgIpc) is 3.04. The predicted octanol–water partition coefficient (Wildman–Crippen LogP) is 7.46. The summed E-state index contributed by atoms with van der Waals surface area (Å²) < 4.78 is 19.7. The van der Waals surface area contributed by atoms with E-state index in [4.69, 9.17) is 14.2 Å². The lowest BCUT2D eigenvalue weighted by Crippen LogP contribution is -2.40. The van der Waals surface area contributed by atoms with Crippen molar-refractivity contribution in [2.75, 3.05) is 26.9 Å². The van der Waals surface area contributed by atoms with E-state index in [1.807, 2.05) is 76.4 Å². The Bertz CT molecular complexity index is 1300. The van der Waals surface area contributed by atoms with Crippen molar-refractivity contribution >= 4 is 5.78 Å². The van der Waals surface area contributed by atoms with Gasteiger partial charge in [0.15, 0.2) is 5.78 Å². The van der Waals surface area contributed by atoms with Crippen LogP contribution >= 0.6 is 0 Å². The lowest BCUT2D eigenvalue weighted by atomic mass is 9.97. The van der Waals surface area contributed by atoms with Crippen LogP contribution in [0.1, 0.15) is 61.1 Å². The highest BCUT2D eigenvalue weighted by Gasteiger charge is 2.21. The number of Topliss-reactive ketones (excluding diaryl/α,β-unsaturated/α-hetero) is 1. The number of nitrogens with zero attached hydrogens (tertiary/aromatic N) is 2. The molecule has 1 aliphatic carbocycles. The van der Waals surface area contributed by atoms with E-state index in [1.54, 1.807) is 31.4 Å². The molecule has 1 saturated heterocycles. The quantitative estimate of drug-likeness (QED) is 0.314. The Hall–Kier alpha value is -3.81. The van der Waals surface area contributed by atoms with Gasteiger partial charge in [0.05, 0.1) is 12.8 Å². The van der Waals surface area contributed by atoms with E-state index >= 15 is 0 Å². The highest BCUT2D eigenvalue weighted by Crippen LogP contribution is 2.22. The summed E-state index contributed by atoms with van der Waals surface area (Å²) in [5.74, 6) is 1.72. The molecule has 1 N–H and O–H groups in total. The van der Waals surface area contributed by atoms with Crippen LogP contribution < -0.4 is 9.47 Å². The van der Waals surface area contributed by atoms with E-state index in [2.05, 4.69) is 15.5 Å². The molecule has 1 aliphatic heterocycles. The highest BCUT2D eigenvalue weighted by molar-refractivity contribution is 6.09. The van der Waals surface area contributed by atoms with Gasteiger partial charge in [0.25, 0.3) is 0 Å². The summed E-state index contributed by atoms with van der Waals surface area (Å²) in [5.41, 5.74) is 3.38. The van der Waals surface area contributed by atoms with E-state index in [-0.39, 0.29) is 17.8 Å². The molecular weight excluding hydrogens is 528 g/mol. The maximum atomic E-state index is 13.7. The SMILES string of the molecule is CC.COc1cccc(C)c(C(=O)/C2=C/C=C\C=C/CC2)cn(CCCN2CCC(Oc3ccc(O)cc3)OC2)c1C. The second kappa shape index (κ2) is 17.2. The molecule has 42 heavy (non-hydrogen) atoms. The van der Waals surface area contributed by atoms with Gasteiger partial charge < -0.3 is 23.9 Å². The molecule has 0 bridgehead atoms. The normalized spacial score (nSPS) is 19.5. The molecule has 226 valence electrons. The molecule has 7 nitrogen and oxygen atoms in total. The lowest BCUT2D eigenvalue weighted by Gasteiger charge is -2.32. The number of phenols is 1. The number of phenolic OH excluding ortho intramolecular Hbond substituents is 1. The molecule has 7 heteroatoms. The molecule has 0 spiro atoms. The number of benzene rings is 1. The standard InChI is InChI=1S/C33H40N2O5.C2H6/c1-25-11-9-14-31(38-3)26(2)35(23-30(25)33(37)27-12-7-5-4-6-8-13-27)21-10-20-34-22-19-32(39-24-34)40-29-17-15-28(36)16-18-29;1-2/h4-7,9,11-12,14-18,23,32,36H,8,10,13,19-22,24H2,1-3H3;1-2H3/b6-4-,7-5-,14-9?,25-11?,27-12+,30-23?,31-26?;. The number of carbonyl (C=O) groups excluding carboxylic acids is 1.